The van der Waals surface area contributed by atoms with Gasteiger partial charge in [0.05, 0.1) is 0 Å². The fraction of sp³-hybridized carbons (Fsp3) is 0.683. The summed E-state index contributed by atoms with van der Waals surface area (Å²) < 4.78 is 0. The molecule has 0 atom stereocenters. The van der Waals surface area contributed by atoms with Gasteiger partial charge < -0.3 is 20.4 Å². The number of carbonyl (C=O) groups is 2. The van der Waals surface area contributed by atoms with Gasteiger partial charge in [-0.15, -0.1) is 0 Å². The van der Waals surface area contributed by atoms with Gasteiger partial charge in [-0.05, 0) is 53.8 Å². The van der Waals surface area contributed by atoms with Gasteiger partial charge in [0.25, 0.3) is 0 Å². The van der Waals surface area contributed by atoms with Crippen LogP contribution in [0.3, 0.4) is 0 Å². The van der Waals surface area contributed by atoms with Crippen LogP contribution in [0.5, 0.6) is 11.5 Å². The van der Waals surface area contributed by atoms with E-state index in [1.54, 1.807) is 24.3 Å². The van der Waals surface area contributed by atoms with Gasteiger partial charge in [-0.2, -0.15) is 0 Å². The van der Waals surface area contributed by atoms with Crippen molar-refractivity contribution >= 4 is 11.9 Å². The average molecular weight is 958 g/mol. The van der Waals surface area contributed by atoms with Crippen LogP contribution in [-0.2, 0) is 9.59 Å². The summed E-state index contributed by atoms with van der Waals surface area (Å²) in [6.45, 7) is 4.57. The van der Waals surface area contributed by atoms with Gasteiger partial charge in [-0.1, -0.05) is 300 Å². The molecule has 6 heteroatoms. The minimum absolute atomic E-state index is 0.0763. The van der Waals surface area contributed by atoms with Gasteiger partial charge >= 0.3 is 11.9 Å². The number of rotatable bonds is 43. The number of phenolic OH excluding ortho intramolecular Hbond substituents is 2. The third-order valence-electron chi connectivity index (χ3n) is 13.6. The van der Waals surface area contributed by atoms with Crippen LogP contribution in [0.25, 0.3) is 0 Å². The van der Waals surface area contributed by atoms with Crippen molar-refractivity contribution in [3.63, 3.8) is 0 Å². The molecule has 0 fully saturated rings. The van der Waals surface area contributed by atoms with Crippen LogP contribution < -0.4 is 0 Å². The highest BCUT2D eigenvalue weighted by Crippen LogP contribution is 2.33. The molecule has 0 aliphatic carbocycles. The van der Waals surface area contributed by atoms with E-state index in [4.69, 9.17) is 10.2 Å². The van der Waals surface area contributed by atoms with Gasteiger partial charge in [0.15, 0.2) is 0 Å². The van der Waals surface area contributed by atoms with Crippen molar-refractivity contribution in [1.29, 1.82) is 0 Å². The molecule has 6 nitrogen and oxygen atoms in total. The van der Waals surface area contributed by atoms with Crippen molar-refractivity contribution in [2.45, 2.75) is 277 Å². The first-order valence-corrected chi connectivity index (χ1v) is 28.8. The Labute approximate surface area is 423 Å². The molecule has 0 saturated heterocycles. The molecular formula is C63H104O6. The predicted octanol–water partition coefficient (Wildman–Crippen LogP) is 20.1. The summed E-state index contributed by atoms with van der Waals surface area (Å²) in [5, 5.41) is 36.1. The second-order valence-electron chi connectivity index (χ2n) is 20.0. The molecule has 0 aliphatic heterocycles. The maximum Gasteiger partial charge on any atom is 0.303 e. The Kier molecular flexibility index (Phi) is 43.8. The lowest BCUT2D eigenvalue weighted by atomic mass is 9.85. The topological polar surface area (TPSA) is 115 Å². The largest absolute Gasteiger partial charge is 0.508 e. The zero-order chi connectivity index (χ0) is 50.1. The smallest absolute Gasteiger partial charge is 0.303 e. The molecule has 0 amide bonds. The molecule has 0 spiro atoms. The van der Waals surface area contributed by atoms with Crippen LogP contribution >= 0.6 is 0 Å². The van der Waals surface area contributed by atoms with E-state index in [9.17, 15) is 19.8 Å². The Bertz CT molecular complexity index is 1440. The van der Waals surface area contributed by atoms with Crippen molar-refractivity contribution < 1.29 is 30.0 Å². The van der Waals surface area contributed by atoms with Crippen LogP contribution in [0.2, 0.25) is 0 Å². The first-order valence-electron chi connectivity index (χ1n) is 28.8. The van der Waals surface area contributed by atoms with E-state index in [1.165, 1.54) is 224 Å². The lowest BCUT2D eigenvalue weighted by molar-refractivity contribution is -0.138. The van der Waals surface area contributed by atoms with E-state index in [-0.39, 0.29) is 17.4 Å². The van der Waals surface area contributed by atoms with Gasteiger partial charge in [0.2, 0.25) is 0 Å². The Balaban J connectivity index is 0.000000518. The van der Waals surface area contributed by atoms with E-state index in [1.807, 2.05) is 42.5 Å². The monoisotopic (exact) mass is 957 g/mol. The second kappa shape index (κ2) is 47.9. The predicted molar refractivity (Wildman–Crippen MR) is 295 cm³/mol. The number of aliphatic carboxylic acids is 2. The molecule has 0 unspecified atom stereocenters. The van der Waals surface area contributed by atoms with Crippen LogP contribution in [0.15, 0.2) is 78.9 Å². The summed E-state index contributed by atoms with van der Waals surface area (Å²) in [6, 6.07) is 24.7. The standard InChI is InChI=1S/2C22H44O2.C19H16O2/c2*1-2-3-4-5-6-7-8-9-10-11-12-13-14-15-16-17-18-19-20-21-22(23)24;20-17-10-6-15(7-11-17)19(14-4-2-1-3-5-14)16-8-12-18(21)13-9-16/h2*2-21H2,1H3,(H,23,24);1-13,19-21H. The van der Waals surface area contributed by atoms with Crippen LogP contribution in [0.1, 0.15) is 293 Å². The Morgan fingerprint density at radius 2 is 0.507 bits per heavy atom. The maximum atomic E-state index is 10.4. The molecule has 392 valence electrons. The maximum absolute atomic E-state index is 10.4. The number of aromatic hydroxyl groups is 2. The van der Waals surface area contributed by atoms with E-state index in [0.29, 0.717) is 12.8 Å². The molecule has 3 rings (SSSR count). The SMILES string of the molecule is CCCCCCCCCCCCCCCCCCCCCC(=O)O.CCCCCCCCCCCCCCCCCCCCCC(=O)O.Oc1ccc(C(c2ccccc2)c2ccc(O)cc2)cc1. The first-order chi connectivity index (χ1) is 33.8. The molecule has 3 aromatic carbocycles. The quantitative estimate of drug-likeness (QED) is 0.0332. The lowest BCUT2D eigenvalue weighted by Gasteiger charge is -2.19. The van der Waals surface area contributed by atoms with Gasteiger partial charge in [-0.3, -0.25) is 9.59 Å². The molecule has 0 aromatic heterocycles. The van der Waals surface area contributed by atoms with Gasteiger partial charge in [0.1, 0.15) is 11.5 Å². The summed E-state index contributed by atoms with van der Waals surface area (Å²) in [5.41, 5.74) is 3.38. The number of hydrogen-bond acceptors (Lipinski definition) is 4. The van der Waals surface area contributed by atoms with E-state index in [0.717, 1.165) is 36.8 Å². The minimum atomic E-state index is -0.651. The highest BCUT2D eigenvalue weighted by molar-refractivity contribution is 5.66. The molecular weight excluding hydrogens is 853 g/mol. The molecule has 69 heavy (non-hydrogen) atoms. The van der Waals surface area contributed by atoms with Crippen molar-refractivity contribution in [3.8, 4) is 11.5 Å². The minimum Gasteiger partial charge on any atom is -0.508 e. The summed E-state index contributed by atoms with van der Waals surface area (Å²) in [5.74, 6) is -0.705. The fourth-order valence-electron chi connectivity index (χ4n) is 9.27. The van der Waals surface area contributed by atoms with Crippen LogP contribution in [-0.4, -0.2) is 32.4 Å². The van der Waals surface area contributed by atoms with Crippen LogP contribution in [0, 0.1) is 0 Å². The van der Waals surface area contributed by atoms with Crippen LogP contribution in [0.4, 0.5) is 0 Å². The number of benzene rings is 3. The summed E-state index contributed by atoms with van der Waals surface area (Å²) in [4.78, 5) is 20.8. The zero-order valence-electron chi connectivity index (χ0n) is 44.5. The molecule has 3 aromatic rings. The van der Waals surface area contributed by atoms with Crippen molar-refractivity contribution in [1.82, 2.24) is 0 Å². The zero-order valence-corrected chi connectivity index (χ0v) is 44.5. The molecule has 4 N–H and O–H groups in total. The molecule has 0 heterocycles. The Hall–Kier alpha value is -3.80. The number of carboxylic acid groups (broad SMARTS) is 2. The number of hydrogen-bond donors (Lipinski definition) is 4. The van der Waals surface area contributed by atoms with E-state index in [2.05, 4.69) is 26.0 Å². The molecule has 0 saturated carbocycles. The number of unbranched alkanes of at least 4 members (excludes halogenated alkanes) is 36. The summed E-state index contributed by atoms with van der Waals surface area (Å²) in [7, 11) is 0. The highest BCUT2D eigenvalue weighted by atomic mass is 16.4. The third kappa shape index (κ3) is 40.6. The Morgan fingerprint density at radius 1 is 0.304 bits per heavy atom. The number of carboxylic acids is 2. The summed E-state index contributed by atoms with van der Waals surface area (Å²) in [6.07, 6.45) is 52.2. The first kappa shape index (κ1) is 63.2. The normalized spacial score (nSPS) is 10.9. The van der Waals surface area contributed by atoms with Crippen molar-refractivity contribution in [2.75, 3.05) is 0 Å². The fourth-order valence-corrected chi connectivity index (χ4v) is 9.27. The average Bonchev–Trinajstić information content (AvgIpc) is 3.35. The van der Waals surface area contributed by atoms with Gasteiger partial charge in [-0.25, -0.2) is 0 Å². The van der Waals surface area contributed by atoms with Gasteiger partial charge in [0, 0.05) is 18.8 Å². The Morgan fingerprint density at radius 3 is 0.725 bits per heavy atom. The second-order valence-corrected chi connectivity index (χ2v) is 20.0. The molecule has 0 aliphatic rings. The summed E-state index contributed by atoms with van der Waals surface area (Å²) >= 11 is 0. The lowest BCUT2D eigenvalue weighted by Crippen LogP contribution is -2.02. The third-order valence-corrected chi connectivity index (χ3v) is 13.6. The van der Waals surface area contributed by atoms with E-state index < -0.39 is 11.9 Å². The number of phenols is 2. The van der Waals surface area contributed by atoms with Crippen molar-refractivity contribution in [2.24, 2.45) is 0 Å². The highest BCUT2D eigenvalue weighted by Gasteiger charge is 2.16. The molecule has 0 radical (unpaired) electrons. The van der Waals surface area contributed by atoms with Crippen molar-refractivity contribution in [3.05, 3.63) is 95.6 Å². The van der Waals surface area contributed by atoms with E-state index >= 15 is 0 Å². The molecule has 0 bridgehead atoms.